The predicted octanol–water partition coefficient (Wildman–Crippen LogP) is 2.47. The van der Waals surface area contributed by atoms with Gasteiger partial charge in [0.2, 0.25) is 0 Å². The Morgan fingerprint density at radius 3 is 2.63 bits per heavy atom. The lowest BCUT2D eigenvalue weighted by Crippen LogP contribution is -2.65. The van der Waals surface area contributed by atoms with Gasteiger partial charge in [0.25, 0.3) is 0 Å². The molecule has 1 spiro atoms. The van der Waals surface area contributed by atoms with E-state index in [4.69, 9.17) is 4.74 Å². The maximum atomic E-state index is 10.0. The van der Waals surface area contributed by atoms with E-state index >= 15 is 0 Å². The van der Waals surface area contributed by atoms with Crippen molar-refractivity contribution in [1.29, 1.82) is 0 Å². The Kier molecular flexibility index (Phi) is 4.16. The van der Waals surface area contributed by atoms with Crippen LogP contribution in [0.3, 0.4) is 0 Å². The first-order valence-electron chi connectivity index (χ1n) is 8.29. The molecular formula is C16H29NO2. The summed E-state index contributed by atoms with van der Waals surface area (Å²) in [4.78, 5) is 0. The summed E-state index contributed by atoms with van der Waals surface area (Å²) in [5.41, 5.74) is 0.386. The summed E-state index contributed by atoms with van der Waals surface area (Å²) in [6, 6.07) is 0.581. The van der Waals surface area contributed by atoms with Crippen LogP contribution in [0.2, 0.25) is 0 Å². The molecule has 3 saturated carbocycles. The van der Waals surface area contributed by atoms with E-state index in [0.717, 1.165) is 19.6 Å². The molecule has 0 aromatic carbocycles. The van der Waals surface area contributed by atoms with Crippen LogP contribution >= 0.6 is 0 Å². The van der Waals surface area contributed by atoms with Gasteiger partial charge in [-0.3, -0.25) is 0 Å². The topological polar surface area (TPSA) is 41.5 Å². The Morgan fingerprint density at radius 2 is 2.00 bits per heavy atom. The molecule has 3 rings (SSSR count). The SMILES string of the molecule is CCOC1CC(NCC(O)C2CC2)C12CCCCC2. The highest BCUT2D eigenvalue weighted by molar-refractivity contribution is 5.09. The maximum absolute atomic E-state index is 10.0. The Morgan fingerprint density at radius 1 is 1.26 bits per heavy atom. The zero-order valence-electron chi connectivity index (χ0n) is 12.2. The Bertz CT molecular complexity index is 297. The van der Waals surface area contributed by atoms with Crippen LogP contribution in [0.15, 0.2) is 0 Å². The van der Waals surface area contributed by atoms with Crippen molar-refractivity contribution in [3.8, 4) is 0 Å². The molecule has 19 heavy (non-hydrogen) atoms. The lowest BCUT2D eigenvalue weighted by Gasteiger charge is -2.58. The molecular weight excluding hydrogens is 238 g/mol. The lowest BCUT2D eigenvalue weighted by molar-refractivity contribution is -0.151. The fourth-order valence-corrected chi connectivity index (χ4v) is 4.26. The van der Waals surface area contributed by atoms with Crippen LogP contribution in [0.4, 0.5) is 0 Å². The van der Waals surface area contributed by atoms with Crippen molar-refractivity contribution < 1.29 is 9.84 Å². The van der Waals surface area contributed by atoms with Gasteiger partial charge < -0.3 is 15.2 Å². The van der Waals surface area contributed by atoms with E-state index < -0.39 is 0 Å². The summed E-state index contributed by atoms with van der Waals surface area (Å²) < 4.78 is 5.97. The number of hydrogen-bond acceptors (Lipinski definition) is 3. The average Bonchev–Trinajstić information content (AvgIpc) is 3.27. The molecule has 0 saturated heterocycles. The summed E-state index contributed by atoms with van der Waals surface area (Å²) in [5, 5.41) is 13.7. The summed E-state index contributed by atoms with van der Waals surface area (Å²) in [6.07, 6.45) is 10.7. The van der Waals surface area contributed by atoms with E-state index in [9.17, 15) is 5.11 Å². The summed E-state index contributed by atoms with van der Waals surface area (Å²) in [6.45, 7) is 3.73. The number of ether oxygens (including phenoxy) is 1. The fourth-order valence-electron chi connectivity index (χ4n) is 4.26. The minimum Gasteiger partial charge on any atom is -0.392 e. The second-order valence-electron chi connectivity index (χ2n) is 6.84. The first-order chi connectivity index (χ1) is 9.26. The van der Waals surface area contributed by atoms with Crippen molar-refractivity contribution in [1.82, 2.24) is 5.32 Å². The monoisotopic (exact) mass is 267 g/mol. The van der Waals surface area contributed by atoms with Gasteiger partial charge in [0.1, 0.15) is 0 Å². The zero-order valence-corrected chi connectivity index (χ0v) is 12.2. The van der Waals surface area contributed by atoms with Gasteiger partial charge in [-0.25, -0.2) is 0 Å². The van der Waals surface area contributed by atoms with Gasteiger partial charge in [0.15, 0.2) is 0 Å². The third-order valence-corrected chi connectivity index (χ3v) is 5.68. The Labute approximate surface area is 117 Å². The van der Waals surface area contributed by atoms with Crippen LogP contribution in [-0.4, -0.2) is 36.5 Å². The molecule has 0 aromatic heterocycles. The second-order valence-corrected chi connectivity index (χ2v) is 6.84. The van der Waals surface area contributed by atoms with Crippen molar-refractivity contribution >= 4 is 0 Å². The number of aliphatic hydroxyl groups is 1. The minimum absolute atomic E-state index is 0.119. The third kappa shape index (κ3) is 2.70. The highest BCUT2D eigenvalue weighted by Crippen LogP contribution is 2.53. The molecule has 0 radical (unpaired) electrons. The quantitative estimate of drug-likeness (QED) is 0.777. The van der Waals surface area contributed by atoms with Gasteiger partial charge in [-0.2, -0.15) is 0 Å². The number of aliphatic hydroxyl groups excluding tert-OH is 1. The van der Waals surface area contributed by atoms with E-state index in [1.807, 2.05) is 0 Å². The van der Waals surface area contributed by atoms with Crippen molar-refractivity contribution in [3.63, 3.8) is 0 Å². The van der Waals surface area contributed by atoms with Gasteiger partial charge >= 0.3 is 0 Å². The van der Waals surface area contributed by atoms with Crippen LogP contribution in [0.5, 0.6) is 0 Å². The Balaban J connectivity index is 1.54. The Hall–Kier alpha value is -0.120. The van der Waals surface area contributed by atoms with E-state index in [1.54, 1.807) is 0 Å². The smallest absolute Gasteiger partial charge is 0.0692 e. The van der Waals surface area contributed by atoms with Crippen LogP contribution in [0.25, 0.3) is 0 Å². The largest absolute Gasteiger partial charge is 0.392 e. The molecule has 3 fully saturated rings. The van der Waals surface area contributed by atoms with Crippen molar-refractivity contribution in [2.45, 2.75) is 76.5 Å². The third-order valence-electron chi connectivity index (χ3n) is 5.68. The van der Waals surface area contributed by atoms with Gasteiger partial charge in [0.05, 0.1) is 12.2 Å². The average molecular weight is 267 g/mol. The van der Waals surface area contributed by atoms with Crippen LogP contribution < -0.4 is 5.32 Å². The lowest BCUT2D eigenvalue weighted by atomic mass is 9.55. The predicted molar refractivity (Wildman–Crippen MR) is 76.1 cm³/mol. The van der Waals surface area contributed by atoms with Gasteiger partial charge in [-0.15, -0.1) is 0 Å². The van der Waals surface area contributed by atoms with E-state index in [1.165, 1.54) is 44.9 Å². The summed E-state index contributed by atoms with van der Waals surface area (Å²) >= 11 is 0. The fraction of sp³-hybridized carbons (Fsp3) is 1.00. The molecule has 3 atom stereocenters. The molecule has 3 nitrogen and oxygen atoms in total. The van der Waals surface area contributed by atoms with E-state index in [0.29, 0.717) is 23.5 Å². The summed E-state index contributed by atoms with van der Waals surface area (Å²) in [7, 11) is 0. The first-order valence-corrected chi connectivity index (χ1v) is 8.29. The molecule has 2 N–H and O–H groups in total. The molecule has 3 unspecified atom stereocenters. The summed E-state index contributed by atoms with van der Waals surface area (Å²) in [5.74, 6) is 0.581. The second kappa shape index (κ2) is 5.71. The van der Waals surface area contributed by atoms with E-state index in [-0.39, 0.29) is 6.10 Å². The molecule has 3 heteroatoms. The minimum atomic E-state index is -0.119. The molecule has 0 bridgehead atoms. The maximum Gasteiger partial charge on any atom is 0.0692 e. The van der Waals surface area contributed by atoms with Gasteiger partial charge in [-0.1, -0.05) is 19.3 Å². The number of nitrogens with one attached hydrogen (secondary N) is 1. The molecule has 3 aliphatic carbocycles. The van der Waals surface area contributed by atoms with Crippen molar-refractivity contribution in [3.05, 3.63) is 0 Å². The first kappa shape index (κ1) is 13.8. The standard InChI is InChI=1S/C16H29NO2/c1-2-19-15-10-14(16(15)8-4-3-5-9-16)17-11-13(18)12-6-7-12/h12-15,17-18H,2-11H2,1H3. The molecule has 0 aliphatic heterocycles. The molecule has 0 amide bonds. The van der Waals surface area contributed by atoms with Gasteiger partial charge in [-0.05, 0) is 44.9 Å². The molecule has 110 valence electrons. The highest BCUT2D eigenvalue weighted by atomic mass is 16.5. The van der Waals surface area contributed by atoms with Crippen LogP contribution in [0, 0.1) is 11.3 Å². The highest BCUT2D eigenvalue weighted by Gasteiger charge is 2.55. The molecule has 3 aliphatic rings. The van der Waals surface area contributed by atoms with Gasteiger partial charge in [0, 0.05) is 24.6 Å². The van der Waals surface area contributed by atoms with Crippen molar-refractivity contribution in [2.24, 2.45) is 11.3 Å². The van der Waals surface area contributed by atoms with Crippen molar-refractivity contribution in [2.75, 3.05) is 13.2 Å². The van der Waals surface area contributed by atoms with Crippen LogP contribution in [0.1, 0.15) is 58.3 Å². The molecule has 0 heterocycles. The number of hydrogen-bond donors (Lipinski definition) is 2. The van der Waals surface area contributed by atoms with E-state index in [2.05, 4.69) is 12.2 Å². The zero-order chi connectivity index (χ0) is 13.3. The van der Waals surface area contributed by atoms with Crippen LogP contribution in [-0.2, 0) is 4.74 Å². The molecule has 0 aromatic rings. The normalized spacial score (nSPS) is 35.1. The number of rotatable bonds is 6.